The molecule has 2 aromatic heterocycles. The molecular formula is C10H13ClN4S. The second-order valence-electron chi connectivity index (χ2n) is 3.54. The first-order valence-corrected chi connectivity index (χ1v) is 6.08. The highest BCUT2D eigenvalue weighted by atomic mass is 35.5. The van der Waals surface area contributed by atoms with E-state index >= 15 is 0 Å². The summed E-state index contributed by atoms with van der Waals surface area (Å²) in [6, 6.07) is 1.78. The SMILES string of the molecule is Cc1c(C(NN)c2sccc2Cl)cnn1C. The van der Waals surface area contributed by atoms with Crippen LogP contribution in [0.25, 0.3) is 0 Å². The first-order valence-electron chi connectivity index (χ1n) is 4.82. The van der Waals surface area contributed by atoms with Crippen molar-refractivity contribution in [3.8, 4) is 0 Å². The van der Waals surface area contributed by atoms with Crippen LogP contribution in [-0.4, -0.2) is 9.78 Å². The van der Waals surface area contributed by atoms with E-state index in [0.29, 0.717) is 0 Å². The van der Waals surface area contributed by atoms with Gasteiger partial charge in [-0.25, -0.2) is 5.43 Å². The molecule has 0 aliphatic carbocycles. The molecule has 0 saturated carbocycles. The number of hydrogen-bond donors (Lipinski definition) is 2. The molecule has 0 spiro atoms. The van der Waals surface area contributed by atoms with Gasteiger partial charge in [0.1, 0.15) is 0 Å². The highest BCUT2D eigenvalue weighted by Gasteiger charge is 2.20. The Hall–Kier alpha value is -0.880. The van der Waals surface area contributed by atoms with Crippen molar-refractivity contribution in [2.45, 2.75) is 13.0 Å². The van der Waals surface area contributed by atoms with E-state index in [1.165, 1.54) is 0 Å². The second kappa shape index (κ2) is 4.55. The van der Waals surface area contributed by atoms with E-state index in [-0.39, 0.29) is 6.04 Å². The summed E-state index contributed by atoms with van der Waals surface area (Å²) in [4.78, 5) is 1.01. The fourth-order valence-corrected chi connectivity index (χ4v) is 2.86. The molecule has 1 unspecified atom stereocenters. The van der Waals surface area contributed by atoms with Crippen molar-refractivity contribution in [3.63, 3.8) is 0 Å². The van der Waals surface area contributed by atoms with Crippen LogP contribution in [0.4, 0.5) is 0 Å². The topological polar surface area (TPSA) is 55.9 Å². The number of aromatic nitrogens is 2. The summed E-state index contributed by atoms with van der Waals surface area (Å²) in [5.41, 5.74) is 4.92. The Labute approximate surface area is 103 Å². The van der Waals surface area contributed by atoms with Gasteiger partial charge in [-0.05, 0) is 18.4 Å². The fraction of sp³-hybridized carbons (Fsp3) is 0.300. The lowest BCUT2D eigenvalue weighted by Crippen LogP contribution is -2.28. The Bertz CT molecular complexity index is 491. The summed E-state index contributed by atoms with van der Waals surface area (Å²) in [5.74, 6) is 5.60. The van der Waals surface area contributed by atoms with Crippen LogP contribution in [0.1, 0.15) is 22.2 Å². The molecule has 0 aliphatic heterocycles. The van der Waals surface area contributed by atoms with Crippen molar-refractivity contribution in [2.75, 3.05) is 0 Å². The maximum Gasteiger partial charge on any atom is 0.0850 e. The molecule has 3 N–H and O–H groups in total. The van der Waals surface area contributed by atoms with E-state index in [1.54, 1.807) is 11.3 Å². The Morgan fingerprint density at radius 2 is 2.38 bits per heavy atom. The minimum atomic E-state index is -0.0961. The summed E-state index contributed by atoms with van der Waals surface area (Å²) in [7, 11) is 1.91. The van der Waals surface area contributed by atoms with Crippen LogP contribution in [0.15, 0.2) is 17.6 Å². The molecule has 86 valence electrons. The molecule has 0 aromatic carbocycles. The third kappa shape index (κ3) is 1.87. The third-order valence-electron chi connectivity index (χ3n) is 2.66. The number of hydrogen-bond acceptors (Lipinski definition) is 4. The van der Waals surface area contributed by atoms with Crippen molar-refractivity contribution in [2.24, 2.45) is 12.9 Å². The zero-order valence-electron chi connectivity index (χ0n) is 9.07. The third-order valence-corrected chi connectivity index (χ3v) is 4.08. The summed E-state index contributed by atoms with van der Waals surface area (Å²) >= 11 is 7.69. The van der Waals surface area contributed by atoms with Crippen LogP contribution in [-0.2, 0) is 7.05 Å². The lowest BCUT2D eigenvalue weighted by atomic mass is 10.1. The van der Waals surface area contributed by atoms with Crippen molar-refractivity contribution in [1.82, 2.24) is 15.2 Å². The molecule has 2 aromatic rings. The van der Waals surface area contributed by atoms with Crippen molar-refractivity contribution < 1.29 is 0 Å². The monoisotopic (exact) mass is 256 g/mol. The molecule has 6 heteroatoms. The van der Waals surface area contributed by atoms with Crippen molar-refractivity contribution >= 4 is 22.9 Å². The minimum absolute atomic E-state index is 0.0961. The Morgan fingerprint density at radius 1 is 1.62 bits per heavy atom. The predicted molar refractivity (Wildman–Crippen MR) is 66.4 cm³/mol. The van der Waals surface area contributed by atoms with Gasteiger partial charge in [-0.1, -0.05) is 11.6 Å². The normalized spacial score (nSPS) is 13.0. The van der Waals surface area contributed by atoms with Gasteiger partial charge in [0, 0.05) is 23.2 Å². The van der Waals surface area contributed by atoms with Gasteiger partial charge < -0.3 is 0 Å². The number of aryl methyl sites for hydroxylation is 1. The zero-order chi connectivity index (χ0) is 11.7. The van der Waals surface area contributed by atoms with E-state index in [4.69, 9.17) is 17.4 Å². The Morgan fingerprint density at radius 3 is 2.81 bits per heavy atom. The maximum absolute atomic E-state index is 6.11. The lowest BCUT2D eigenvalue weighted by molar-refractivity contribution is 0.639. The number of nitrogens with zero attached hydrogens (tertiary/aromatic N) is 2. The van der Waals surface area contributed by atoms with Gasteiger partial charge in [0.25, 0.3) is 0 Å². The minimum Gasteiger partial charge on any atom is -0.273 e. The molecule has 0 fully saturated rings. The fourth-order valence-electron chi connectivity index (χ4n) is 1.62. The number of nitrogens with two attached hydrogens (primary N) is 1. The molecule has 0 aliphatic rings. The molecule has 0 saturated heterocycles. The smallest absolute Gasteiger partial charge is 0.0850 e. The van der Waals surface area contributed by atoms with E-state index in [2.05, 4.69) is 10.5 Å². The Balaban J connectivity index is 2.45. The van der Waals surface area contributed by atoms with Crippen LogP contribution in [0.3, 0.4) is 0 Å². The summed E-state index contributed by atoms with van der Waals surface area (Å²) in [5, 5.41) is 6.89. The highest BCUT2D eigenvalue weighted by Crippen LogP contribution is 2.33. The molecule has 4 nitrogen and oxygen atoms in total. The van der Waals surface area contributed by atoms with Crippen LogP contribution >= 0.6 is 22.9 Å². The van der Waals surface area contributed by atoms with Crippen LogP contribution in [0, 0.1) is 6.92 Å². The zero-order valence-corrected chi connectivity index (χ0v) is 10.6. The Kier molecular flexibility index (Phi) is 3.30. The van der Waals surface area contributed by atoms with Gasteiger partial charge >= 0.3 is 0 Å². The number of rotatable bonds is 3. The summed E-state index contributed by atoms with van der Waals surface area (Å²) < 4.78 is 1.82. The van der Waals surface area contributed by atoms with E-state index in [9.17, 15) is 0 Å². The molecule has 0 amide bonds. The molecular weight excluding hydrogens is 244 g/mol. The highest BCUT2D eigenvalue weighted by molar-refractivity contribution is 7.10. The van der Waals surface area contributed by atoms with E-state index < -0.39 is 0 Å². The molecule has 16 heavy (non-hydrogen) atoms. The molecule has 2 rings (SSSR count). The van der Waals surface area contributed by atoms with Crippen LogP contribution in [0.2, 0.25) is 5.02 Å². The number of hydrazine groups is 1. The first-order chi connectivity index (χ1) is 7.65. The lowest BCUT2D eigenvalue weighted by Gasteiger charge is -2.14. The largest absolute Gasteiger partial charge is 0.273 e. The molecule has 0 radical (unpaired) electrons. The average molecular weight is 257 g/mol. The predicted octanol–water partition coefficient (Wildman–Crippen LogP) is 2.00. The van der Waals surface area contributed by atoms with Gasteiger partial charge in [0.15, 0.2) is 0 Å². The summed E-state index contributed by atoms with van der Waals surface area (Å²) in [6.07, 6.45) is 1.82. The number of thiophene rings is 1. The standard InChI is InChI=1S/C10H13ClN4S/c1-6-7(5-13-15(6)2)9(14-12)10-8(11)3-4-16-10/h3-5,9,14H,12H2,1-2H3. The van der Waals surface area contributed by atoms with Gasteiger partial charge in [-0.15, -0.1) is 11.3 Å². The van der Waals surface area contributed by atoms with Crippen LogP contribution < -0.4 is 11.3 Å². The van der Waals surface area contributed by atoms with Crippen LogP contribution in [0.5, 0.6) is 0 Å². The second-order valence-corrected chi connectivity index (χ2v) is 4.90. The quantitative estimate of drug-likeness (QED) is 0.652. The van der Waals surface area contributed by atoms with Crippen molar-refractivity contribution in [3.05, 3.63) is 38.8 Å². The molecule has 1 atom stereocenters. The van der Waals surface area contributed by atoms with E-state index in [0.717, 1.165) is 21.2 Å². The van der Waals surface area contributed by atoms with Gasteiger partial charge in [-0.2, -0.15) is 5.10 Å². The maximum atomic E-state index is 6.11. The van der Waals surface area contributed by atoms with E-state index in [1.807, 2.05) is 36.3 Å². The number of nitrogens with one attached hydrogen (secondary N) is 1. The van der Waals surface area contributed by atoms with Crippen molar-refractivity contribution in [1.29, 1.82) is 0 Å². The molecule has 0 bridgehead atoms. The van der Waals surface area contributed by atoms with Gasteiger partial charge in [-0.3, -0.25) is 10.5 Å². The summed E-state index contributed by atoms with van der Waals surface area (Å²) in [6.45, 7) is 2.01. The molecule has 2 heterocycles. The average Bonchev–Trinajstić information content (AvgIpc) is 2.81. The van der Waals surface area contributed by atoms with Gasteiger partial charge in [0.05, 0.1) is 17.3 Å². The van der Waals surface area contributed by atoms with Gasteiger partial charge in [0.2, 0.25) is 0 Å². The first kappa shape index (κ1) is 11.6. The number of halogens is 1.